The first-order valence-electron chi connectivity index (χ1n) is 6.92. The first-order valence-corrected chi connectivity index (χ1v) is 7.97. The highest BCUT2D eigenvalue weighted by Crippen LogP contribution is 2.42. The first kappa shape index (κ1) is 14.0. The van der Waals surface area contributed by atoms with Crippen molar-refractivity contribution in [1.82, 2.24) is 0 Å². The molecule has 1 unspecified atom stereocenters. The summed E-state index contributed by atoms with van der Waals surface area (Å²) < 4.78 is 0. The number of benzene rings is 2. The molecule has 1 aliphatic heterocycles. The molecule has 2 aromatic carbocycles. The highest BCUT2D eigenvalue weighted by Gasteiger charge is 2.34. The van der Waals surface area contributed by atoms with Gasteiger partial charge in [-0.05, 0) is 54.8 Å². The van der Waals surface area contributed by atoms with Gasteiger partial charge in [0.05, 0.1) is 5.75 Å². The van der Waals surface area contributed by atoms with Crippen LogP contribution >= 0.6 is 11.8 Å². The molecule has 1 saturated heterocycles. The molecule has 0 bridgehead atoms. The van der Waals surface area contributed by atoms with Crippen LogP contribution in [0.15, 0.2) is 42.5 Å². The normalized spacial score (nSPS) is 18.3. The molecule has 1 amide bonds. The van der Waals surface area contributed by atoms with Gasteiger partial charge in [0, 0.05) is 11.4 Å². The summed E-state index contributed by atoms with van der Waals surface area (Å²) in [5.41, 5.74) is 10.9. The topological polar surface area (TPSA) is 46.3 Å². The van der Waals surface area contributed by atoms with Gasteiger partial charge in [-0.3, -0.25) is 9.69 Å². The van der Waals surface area contributed by atoms with E-state index in [1.807, 2.05) is 29.2 Å². The molecule has 0 radical (unpaired) electrons. The van der Waals surface area contributed by atoms with Crippen molar-refractivity contribution in [3.63, 3.8) is 0 Å². The molecular formula is C17H18N2OS. The SMILES string of the molecule is Cc1cc(C)cc(N2C(=O)CSC2c2ccc(N)cc2)c1. The number of carbonyl (C=O) groups is 1. The predicted molar refractivity (Wildman–Crippen MR) is 89.5 cm³/mol. The number of nitrogen functional groups attached to an aromatic ring is 1. The van der Waals surface area contributed by atoms with Crippen molar-refractivity contribution in [2.24, 2.45) is 0 Å². The summed E-state index contributed by atoms with van der Waals surface area (Å²) in [6.07, 6.45) is 0. The molecular weight excluding hydrogens is 280 g/mol. The number of nitrogens with zero attached hydrogens (tertiary/aromatic N) is 1. The van der Waals surface area contributed by atoms with Crippen LogP contribution in [-0.2, 0) is 4.79 Å². The maximum Gasteiger partial charge on any atom is 0.238 e. The van der Waals surface area contributed by atoms with E-state index >= 15 is 0 Å². The monoisotopic (exact) mass is 298 g/mol. The summed E-state index contributed by atoms with van der Waals surface area (Å²) in [5.74, 6) is 0.675. The second-order valence-electron chi connectivity index (χ2n) is 5.44. The molecule has 1 fully saturated rings. The third-order valence-electron chi connectivity index (χ3n) is 3.57. The lowest BCUT2D eigenvalue weighted by Gasteiger charge is -2.25. The number of thioether (sulfide) groups is 1. The van der Waals surface area contributed by atoms with Crippen molar-refractivity contribution in [2.75, 3.05) is 16.4 Å². The first-order chi connectivity index (χ1) is 10.0. The third-order valence-corrected chi connectivity index (χ3v) is 4.79. The van der Waals surface area contributed by atoms with E-state index in [1.165, 1.54) is 11.1 Å². The Bertz CT molecular complexity index is 661. The van der Waals surface area contributed by atoms with Crippen LogP contribution in [0.4, 0.5) is 11.4 Å². The Balaban J connectivity index is 2.01. The van der Waals surface area contributed by atoms with Gasteiger partial charge in [0.1, 0.15) is 5.37 Å². The highest BCUT2D eigenvalue weighted by molar-refractivity contribution is 8.00. The van der Waals surface area contributed by atoms with Gasteiger partial charge in [-0.2, -0.15) is 0 Å². The van der Waals surface area contributed by atoms with Crippen LogP contribution in [0.25, 0.3) is 0 Å². The van der Waals surface area contributed by atoms with Crippen molar-refractivity contribution < 1.29 is 4.79 Å². The van der Waals surface area contributed by atoms with Crippen LogP contribution in [0.1, 0.15) is 22.1 Å². The number of anilines is 2. The number of nitrogens with two attached hydrogens (primary N) is 1. The van der Waals surface area contributed by atoms with Gasteiger partial charge >= 0.3 is 0 Å². The van der Waals surface area contributed by atoms with Crippen molar-refractivity contribution >= 4 is 29.0 Å². The van der Waals surface area contributed by atoms with Crippen LogP contribution in [0.5, 0.6) is 0 Å². The van der Waals surface area contributed by atoms with Gasteiger partial charge in [-0.15, -0.1) is 11.8 Å². The summed E-state index contributed by atoms with van der Waals surface area (Å²) in [5, 5.41) is 0.0271. The van der Waals surface area contributed by atoms with Crippen LogP contribution in [0, 0.1) is 13.8 Å². The summed E-state index contributed by atoms with van der Waals surface area (Å²) in [6.45, 7) is 4.12. The lowest BCUT2D eigenvalue weighted by molar-refractivity contribution is -0.115. The molecule has 1 atom stereocenters. The number of rotatable bonds is 2. The van der Waals surface area contributed by atoms with E-state index in [4.69, 9.17) is 5.73 Å². The van der Waals surface area contributed by atoms with E-state index in [0.29, 0.717) is 5.75 Å². The Labute approximate surface area is 129 Å². The molecule has 1 heterocycles. The molecule has 3 nitrogen and oxygen atoms in total. The van der Waals surface area contributed by atoms with Gasteiger partial charge < -0.3 is 5.73 Å². The molecule has 1 aliphatic rings. The molecule has 108 valence electrons. The predicted octanol–water partition coefficient (Wildman–Crippen LogP) is 3.66. The highest BCUT2D eigenvalue weighted by atomic mass is 32.2. The summed E-state index contributed by atoms with van der Waals surface area (Å²) in [6, 6.07) is 14.0. The van der Waals surface area contributed by atoms with E-state index in [2.05, 4.69) is 32.0 Å². The fraction of sp³-hybridized carbons (Fsp3) is 0.235. The smallest absolute Gasteiger partial charge is 0.238 e. The summed E-state index contributed by atoms with van der Waals surface area (Å²) in [7, 11) is 0. The minimum Gasteiger partial charge on any atom is -0.399 e. The number of hydrogen-bond donors (Lipinski definition) is 1. The molecule has 0 saturated carbocycles. The second-order valence-corrected chi connectivity index (χ2v) is 6.51. The zero-order chi connectivity index (χ0) is 15.0. The molecule has 0 aliphatic carbocycles. The maximum absolute atomic E-state index is 12.3. The standard InChI is InChI=1S/C17H18N2OS/c1-11-7-12(2)9-15(8-11)19-16(20)10-21-17(19)13-3-5-14(18)6-4-13/h3-9,17H,10,18H2,1-2H3. The second kappa shape index (κ2) is 5.45. The number of carbonyl (C=O) groups excluding carboxylic acids is 1. The number of amides is 1. The lowest BCUT2D eigenvalue weighted by atomic mass is 10.1. The quantitative estimate of drug-likeness (QED) is 0.861. The van der Waals surface area contributed by atoms with Gasteiger partial charge in [0.25, 0.3) is 0 Å². The zero-order valence-corrected chi connectivity index (χ0v) is 13.0. The molecule has 2 aromatic rings. The van der Waals surface area contributed by atoms with Crippen molar-refractivity contribution in [1.29, 1.82) is 0 Å². The zero-order valence-electron chi connectivity index (χ0n) is 12.2. The lowest BCUT2D eigenvalue weighted by Crippen LogP contribution is -2.27. The van der Waals surface area contributed by atoms with E-state index in [1.54, 1.807) is 11.8 Å². The average molecular weight is 298 g/mol. The summed E-state index contributed by atoms with van der Waals surface area (Å²) >= 11 is 1.66. The molecule has 0 aromatic heterocycles. The van der Waals surface area contributed by atoms with E-state index < -0.39 is 0 Å². The molecule has 21 heavy (non-hydrogen) atoms. The van der Waals surface area contributed by atoms with E-state index in [-0.39, 0.29) is 11.3 Å². The van der Waals surface area contributed by atoms with E-state index in [9.17, 15) is 4.79 Å². The van der Waals surface area contributed by atoms with Gasteiger partial charge in [0.2, 0.25) is 5.91 Å². The molecule has 3 rings (SSSR count). The fourth-order valence-electron chi connectivity index (χ4n) is 2.70. The minimum absolute atomic E-state index is 0.0271. The Morgan fingerprint density at radius 2 is 1.71 bits per heavy atom. The summed E-state index contributed by atoms with van der Waals surface area (Å²) in [4.78, 5) is 14.2. The van der Waals surface area contributed by atoms with Crippen LogP contribution in [-0.4, -0.2) is 11.7 Å². The average Bonchev–Trinajstić information content (AvgIpc) is 2.80. The Kier molecular flexibility index (Phi) is 3.64. The maximum atomic E-state index is 12.3. The largest absolute Gasteiger partial charge is 0.399 e. The molecule has 0 spiro atoms. The van der Waals surface area contributed by atoms with E-state index in [0.717, 1.165) is 16.9 Å². The Hall–Kier alpha value is -1.94. The van der Waals surface area contributed by atoms with Gasteiger partial charge in [-0.25, -0.2) is 0 Å². The van der Waals surface area contributed by atoms with Crippen LogP contribution in [0.3, 0.4) is 0 Å². The van der Waals surface area contributed by atoms with Crippen molar-refractivity contribution in [2.45, 2.75) is 19.2 Å². The Morgan fingerprint density at radius 3 is 2.33 bits per heavy atom. The van der Waals surface area contributed by atoms with Crippen molar-refractivity contribution in [3.8, 4) is 0 Å². The van der Waals surface area contributed by atoms with Gasteiger partial charge in [0.15, 0.2) is 0 Å². The fourth-order valence-corrected chi connectivity index (χ4v) is 3.88. The third kappa shape index (κ3) is 2.76. The Morgan fingerprint density at radius 1 is 1.10 bits per heavy atom. The number of hydrogen-bond acceptors (Lipinski definition) is 3. The van der Waals surface area contributed by atoms with Gasteiger partial charge in [-0.1, -0.05) is 18.2 Å². The minimum atomic E-state index is 0.0271. The van der Waals surface area contributed by atoms with Crippen LogP contribution < -0.4 is 10.6 Å². The number of aryl methyl sites for hydroxylation is 2. The van der Waals surface area contributed by atoms with Crippen LogP contribution in [0.2, 0.25) is 0 Å². The van der Waals surface area contributed by atoms with Crippen molar-refractivity contribution in [3.05, 3.63) is 59.2 Å². The molecule has 2 N–H and O–H groups in total. The molecule has 4 heteroatoms.